The minimum atomic E-state index is -2.93. The van der Waals surface area contributed by atoms with E-state index in [2.05, 4.69) is 4.98 Å². The highest BCUT2D eigenvalue weighted by molar-refractivity contribution is 7.91. The molecule has 0 aromatic carbocycles. The average Bonchev–Trinajstić information content (AvgIpc) is 2.63. The largest absolute Gasteiger partial charge is 0.390 e. The fraction of sp³-hybridized carbons (Fsp3) is 0.625. The first-order valence-electron chi connectivity index (χ1n) is 4.39. The topological polar surface area (TPSA) is 72.2 Å². The molecule has 0 fully saturated rings. The first kappa shape index (κ1) is 11.2. The Hall–Kier alpha value is -0.880. The highest BCUT2D eigenvalue weighted by Crippen LogP contribution is 1.98. The number of imidazole rings is 1. The van der Waals surface area contributed by atoms with Gasteiger partial charge in [-0.1, -0.05) is 6.92 Å². The summed E-state index contributed by atoms with van der Waals surface area (Å²) in [6.45, 7) is 1.90. The molecule has 0 aliphatic carbocycles. The van der Waals surface area contributed by atoms with Crippen molar-refractivity contribution in [1.82, 2.24) is 9.55 Å². The molecular formula is C8H14N2O3S. The normalized spacial score (nSPS) is 11.9. The Bertz CT molecular complexity index is 383. The summed E-state index contributed by atoms with van der Waals surface area (Å²) >= 11 is 0. The number of aromatic nitrogens is 2. The predicted molar refractivity (Wildman–Crippen MR) is 52.5 cm³/mol. The van der Waals surface area contributed by atoms with Crippen molar-refractivity contribution in [3.63, 3.8) is 0 Å². The molecule has 0 aliphatic heterocycles. The van der Waals surface area contributed by atoms with E-state index in [4.69, 9.17) is 5.11 Å². The van der Waals surface area contributed by atoms with Crippen LogP contribution in [-0.2, 0) is 23.0 Å². The van der Waals surface area contributed by atoms with E-state index in [0.29, 0.717) is 12.2 Å². The second-order valence-electron chi connectivity index (χ2n) is 3.00. The predicted octanol–water partition coefficient (Wildman–Crippen LogP) is -0.190. The average molecular weight is 218 g/mol. The third-order valence-corrected chi connectivity index (χ3v) is 3.63. The standard InChI is InChI=1S/C8H14N2O3S/c1-2-14(12,13)4-3-10-5-8(6-11)9-7-10/h5,7,11H,2-4,6H2,1H3. The summed E-state index contributed by atoms with van der Waals surface area (Å²) in [5.74, 6) is 0.277. The van der Waals surface area contributed by atoms with Crippen LogP contribution in [0.3, 0.4) is 0 Å². The maximum absolute atomic E-state index is 11.2. The van der Waals surface area contributed by atoms with Crippen LogP contribution in [-0.4, -0.2) is 34.6 Å². The zero-order chi connectivity index (χ0) is 10.6. The molecule has 5 nitrogen and oxygen atoms in total. The summed E-state index contributed by atoms with van der Waals surface area (Å²) in [5, 5.41) is 8.73. The minimum Gasteiger partial charge on any atom is -0.390 e. The fourth-order valence-electron chi connectivity index (χ4n) is 0.999. The SMILES string of the molecule is CCS(=O)(=O)CCn1cnc(CO)c1. The van der Waals surface area contributed by atoms with Crippen molar-refractivity contribution >= 4 is 9.84 Å². The van der Waals surface area contributed by atoms with Crippen molar-refractivity contribution in [1.29, 1.82) is 0 Å². The van der Waals surface area contributed by atoms with Crippen LogP contribution in [0.15, 0.2) is 12.5 Å². The Labute approximate surface area is 83.3 Å². The van der Waals surface area contributed by atoms with E-state index < -0.39 is 9.84 Å². The number of aliphatic hydroxyl groups is 1. The quantitative estimate of drug-likeness (QED) is 0.743. The smallest absolute Gasteiger partial charge is 0.151 e. The number of aryl methyl sites for hydroxylation is 1. The van der Waals surface area contributed by atoms with E-state index in [1.165, 1.54) is 6.33 Å². The molecule has 14 heavy (non-hydrogen) atoms. The first-order chi connectivity index (χ1) is 6.57. The van der Waals surface area contributed by atoms with Crippen LogP contribution in [0.1, 0.15) is 12.6 Å². The fourth-order valence-corrected chi connectivity index (χ4v) is 1.78. The van der Waals surface area contributed by atoms with Crippen molar-refractivity contribution < 1.29 is 13.5 Å². The molecule has 0 amide bonds. The lowest BCUT2D eigenvalue weighted by atomic mass is 10.5. The van der Waals surface area contributed by atoms with E-state index >= 15 is 0 Å². The third-order valence-electron chi connectivity index (χ3n) is 1.95. The zero-order valence-electron chi connectivity index (χ0n) is 8.05. The van der Waals surface area contributed by atoms with Crippen molar-refractivity contribution in [2.75, 3.05) is 11.5 Å². The molecule has 6 heteroatoms. The minimum absolute atomic E-state index is 0.116. The monoisotopic (exact) mass is 218 g/mol. The first-order valence-corrected chi connectivity index (χ1v) is 6.21. The molecule has 80 valence electrons. The van der Waals surface area contributed by atoms with Gasteiger partial charge in [-0.3, -0.25) is 0 Å². The lowest BCUT2D eigenvalue weighted by Crippen LogP contribution is -2.13. The Kier molecular flexibility index (Phi) is 3.65. The van der Waals surface area contributed by atoms with Gasteiger partial charge in [0.2, 0.25) is 0 Å². The van der Waals surface area contributed by atoms with Crippen LogP contribution in [0.4, 0.5) is 0 Å². The van der Waals surface area contributed by atoms with Crippen LogP contribution < -0.4 is 0 Å². The number of sulfone groups is 1. The molecule has 0 spiro atoms. The highest BCUT2D eigenvalue weighted by Gasteiger charge is 2.07. The summed E-state index contributed by atoms with van der Waals surface area (Å²) in [7, 11) is -2.93. The van der Waals surface area contributed by atoms with Gasteiger partial charge < -0.3 is 9.67 Å². The molecule has 0 aliphatic rings. The van der Waals surface area contributed by atoms with Crippen LogP contribution in [0.2, 0.25) is 0 Å². The van der Waals surface area contributed by atoms with Gasteiger partial charge in [-0.2, -0.15) is 0 Å². The number of nitrogens with zero attached hydrogens (tertiary/aromatic N) is 2. The zero-order valence-corrected chi connectivity index (χ0v) is 8.87. The number of aliphatic hydroxyl groups excluding tert-OH is 1. The van der Waals surface area contributed by atoms with Crippen LogP contribution in [0, 0.1) is 0 Å². The van der Waals surface area contributed by atoms with Gasteiger partial charge in [0.25, 0.3) is 0 Å². The molecular weight excluding hydrogens is 204 g/mol. The Morgan fingerprint density at radius 1 is 1.57 bits per heavy atom. The molecule has 1 heterocycles. The number of rotatable bonds is 5. The summed E-state index contributed by atoms with van der Waals surface area (Å²) in [6.07, 6.45) is 3.17. The molecule has 0 bridgehead atoms. The van der Waals surface area contributed by atoms with E-state index in [9.17, 15) is 8.42 Å². The van der Waals surface area contributed by atoms with Gasteiger partial charge in [0.15, 0.2) is 9.84 Å². The molecule has 1 rings (SSSR count). The van der Waals surface area contributed by atoms with E-state index in [0.717, 1.165) is 0 Å². The Balaban J connectivity index is 2.54. The molecule has 0 atom stereocenters. The summed E-state index contributed by atoms with van der Waals surface area (Å²) in [6, 6.07) is 0. The van der Waals surface area contributed by atoms with Crippen molar-refractivity contribution in [3.05, 3.63) is 18.2 Å². The van der Waals surface area contributed by atoms with Gasteiger partial charge in [0.1, 0.15) is 0 Å². The van der Waals surface area contributed by atoms with Gasteiger partial charge in [-0.05, 0) is 0 Å². The van der Waals surface area contributed by atoms with Gasteiger partial charge >= 0.3 is 0 Å². The third kappa shape index (κ3) is 3.12. The van der Waals surface area contributed by atoms with Crippen molar-refractivity contribution in [2.24, 2.45) is 0 Å². The molecule has 0 saturated heterocycles. The highest BCUT2D eigenvalue weighted by atomic mass is 32.2. The van der Waals surface area contributed by atoms with E-state index in [1.807, 2.05) is 0 Å². The molecule has 1 aromatic rings. The summed E-state index contributed by atoms with van der Waals surface area (Å²) < 4.78 is 24.0. The summed E-state index contributed by atoms with van der Waals surface area (Å²) in [4.78, 5) is 3.88. The number of hydrogen-bond donors (Lipinski definition) is 1. The molecule has 1 aromatic heterocycles. The second-order valence-corrected chi connectivity index (χ2v) is 5.47. The lowest BCUT2D eigenvalue weighted by molar-refractivity contribution is 0.277. The maximum atomic E-state index is 11.2. The van der Waals surface area contributed by atoms with E-state index in [1.54, 1.807) is 17.7 Å². The van der Waals surface area contributed by atoms with Crippen molar-refractivity contribution in [3.8, 4) is 0 Å². The lowest BCUT2D eigenvalue weighted by Gasteiger charge is -2.01. The molecule has 1 N–H and O–H groups in total. The van der Waals surface area contributed by atoms with Crippen LogP contribution in [0.5, 0.6) is 0 Å². The Morgan fingerprint density at radius 3 is 2.79 bits per heavy atom. The van der Waals surface area contributed by atoms with Crippen LogP contribution >= 0.6 is 0 Å². The van der Waals surface area contributed by atoms with Gasteiger partial charge in [0, 0.05) is 18.5 Å². The van der Waals surface area contributed by atoms with Gasteiger partial charge in [-0.15, -0.1) is 0 Å². The molecule has 0 radical (unpaired) electrons. The second kappa shape index (κ2) is 4.56. The van der Waals surface area contributed by atoms with E-state index in [-0.39, 0.29) is 18.1 Å². The van der Waals surface area contributed by atoms with Crippen molar-refractivity contribution in [2.45, 2.75) is 20.1 Å². The maximum Gasteiger partial charge on any atom is 0.151 e. The van der Waals surface area contributed by atoms with Gasteiger partial charge in [0.05, 0.1) is 24.4 Å². The molecule has 0 unspecified atom stereocenters. The van der Waals surface area contributed by atoms with Crippen LogP contribution in [0.25, 0.3) is 0 Å². The molecule has 0 saturated carbocycles. The summed E-state index contributed by atoms with van der Waals surface area (Å²) in [5.41, 5.74) is 0.555. The number of hydrogen-bond acceptors (Lipinski definition) is 4. The van der Waals surface area contributed by atoms with Gasteiger partial charge in [-0.25, -0.2) is 13.4 Å². The Morgan fingerprint density at radius 2 is 2.29 bits per heavy atom.